The molecule has 0 saturated heterocycles. The van der Waals surface area contributed by atoms with E-state index in [2.05, 4.69) is 20.3 Å². The molecule has 5 nitrogen and oxygen atoms in total. The molecule has 0 atom stereocenters. The molecule has 0 spiro atoms. The first-order valence-corrected chi connectivity index (χ1v) is 7.70. The van der Waals surface area contributed by atoms with Gasteiger partial charge < -0.3 is 15.0 Å². The summed E-state index contributed by atoms with van der Waals surface area (Å²) < 4.78 is 5.97. The maximum absolute atomic E-state index is 5.97. The molecule has 24 heavy (non-hydrogen) atoms. The Bertz CT molecular complexity index is 960. The van der Waals surface area contributed by atoms with Crippen LogP contribution >= 0.6 is 0 Å². The van der Waals surface area contributed by atoms with E-state index in [4.69, 9.17) is 4.74 Å². The van der Waals surface area contributed by atoms with Crippen molar-refractivity contribution in [2.45, 2.75) is 6.92 Å². The van der Waals surface area contributed by atoms with Gasteiger partial charge >= 0.3 is 0 Å². The van der Waals surface area contributed by atoms with Crippen molar-refractivity contribution in [2.24, 2.45) is 0 Å². The SMILES string of the molecule is Cc1ccccc1Oc1ncccc1Nc1nc2ccccc2[nH]1. The van der Waals surface area contributed by atoms with Gasteiger partial charge in [-0.2, -0.15) is 0 Å². The van der Waals surface area contributed by atoms with Crippen molar-refractivity contribution in [1.29, 1.82) is 0 Å². The third kappa shape index (κ3) is 2.79. The molecule has 2 aromatic carbocycles. The third-order valence-electron chi connectivity index (χ3n) is 3.71. The minimum atomic E-state index is 0.507. The van der Waals surface area contributed by atoms with Gasteiger partial charge in [0.25, 0.3) is 0 Å². The zero-order valence-corrected chi connectivity index (χ0v) is 13.2. The van der Waals surface area contributed by atoms with Crippen molar-refractivity contribution in [2.75, 3.05) is 5.32 Å². The van der Waals surface area contributed by atoms with E-state index in [1.54, 1.807) is 6.20 Å². The van der Waals surface area contributed by atoms with Crippen LogP contribution in [0.2, 0.25) is 0 Å². The molecule has 2 aromatic heterocycles. The number of benzene rings is 2. The molecule has 5 heteroatoms. The van der Waals surface area contributed by atoms with E-state index in [9.17, 15) is 0 Å². The second kappa shape index (κ2) is 6.04. The molecule has 0 unspecified atom stereocenters. The Hall–Kier alpha value is -3.34. The Kier molecular flexibility index (Phi) is 3.59. The van der Waals surface area contributed by atoms with E-state index in [1.165, 1.54) is 0 Å². The number of hydrogen-bond donors (Lipinski definition) is 2. The highest BCUT2D eigenvalue weighted by molar-refractivity contribution is 5.78. The van der Waals surface area contributed by atoms with Gasteiger partial charge in [0.2, 0.25) is 11.8 Å². The topological polar surface area (TPSA) is 62.8 Å². The Labute approximate surface area is 139 Å². The highest BCUT2D eigenvalue weighted by atomic mass is 16.5. The third-order valence-corrected chi connectivity index (χ3v) is 3.71. The number of imidazole rings is 1. The zero-order chi connectivity index (χ0) is 16.4. The van der Waals surface area contributed by atoms with Crippen LogP contribution in [0.15, 0.2) is 66.9 Å². The molecule has 0 aliphatic rings. The van der Waals surface area contributed by atoms with Crippen LogP contribution in [-0.2, 0) is 0 Å². The number of aryl methyl sites for hydroxylation is 1. The Balaban J connectivity index is 1.65. The van der Waals surface area contributed by atoms with E-state index in [0.29, 0.717) is 11.8 Å². The molecule has 0 saturated carbocycles. The largest absolute Gasteiger partial charge is 0.437 e. The number of fused-ring (bicyclic) bond motifs is 1. The first-order chi connectivity index (χ1) is 11.8. The Morgan fingerprint density at radius 3 is 2.67 bits per heavy atom. The lowest BCUT2D eigenvalue weighted by molar-refractivity contribution is 0.462. The summed E-state index contributed by atoms with van der Waals surface area (Å²) in [4.78, 5) is 12.1. The summed E-state index contributed by atoms with van der Waals surface area (Å²) in [5, 5.41) is 3.25. The van der Waals surface area contributed by atoms with Gasteiger partial charge in [0.15, 0.2) is 0 Å². The van der Waals surface area contributed by atoms with Gasteiger partial charge in [-0.05, 0) is 42.8 Å². The highest BCUT2D eigenvalue weighted by Crippen LogP contribution is 2.30. The highest BCUT2D eigenvalue weighted by Gasteiger charge is 2.10. The van der Waals surface area contributed by atoms with E-state index in [0.717, 1.165) is 28.0 Å². The number of ether oxygens (including phenoxy) is 1. The second-order valence-electron chi connectivity index (χ2n) is 5.45. The zero-order valence-electron chi connectivity index (χ0n) is 13.2. The quantitative estimate of drug-likeness (QED) is 0.567. The number of hydrogen-bond acceptors (Lipinski definition) is 4. The van der Waals surface area contributed by atoms with Gasteiger partial charge in [-0.15, -0.1) is 0 Å². The number of aromatic amines is 1. The maximum atomic E-state index is 5.97. The number of para-hydroxylation sites is 3. The van der Waals surface area contributed by atoms with Gasteiger partial charge in [0, 0.05) is 6.20 Å². The fraction of sp³-hybridized carbons (Fsp3) is 0.0526. The number of H-pyrrole nitrogens is 1. The smallest absolute Gasteiger partial charge is 0.243 e. The first-order valence-electron chi connectivity index (χ1n) is 7.70. The van der Waals surface area contributed by atoms with Crippen LogP contribution in [0, 0.1) is 6.92 Å². The predicted octanol–water partition coefficient (Wildman–Crippen LogP) is 4.80. The fourth-order valence-electron chi connectivity index (χ4n) is 2.48. The van der Waals surface area contributed by atoms with Crippen molar-refractivity contribution >= 4 is 22.7 Å². The first kappa shape index (κ1) is 14.3. The maximum Gasteiger partial charge on any atom is 0.243 e. The van der Waals surface area contributed by atoms with Crippen molar-refractivity contribution < 1.29 is 4.74 Å². The molecule has 4 aromatic rings. The summed E-state index contributed by atoms with van der Waals surface area (Å²) in [6.45, 7) is 2.00. The average molecular weight is 316 g/mol. The molecule has 0 amide bonds. The van der Waals surface area contributed by atoms with Crippen LogP contribution in [0.4, 0.5) is 11.6 Å². The molecule has 0 fully saturated rings. The Morgan fingerprint density at radius 1 is 0.958 bits per heavy atom. The van der Waals surface area contributed by atoms with Crippen LogP contribution in [0.1, 0.15) is 5.56 Å². The van der Waals surface area contributed by atoms with Crippen molar-refractivity contribution in [3.63, 3.8) is 0 Å². The number of nitrogens with one attached hydrogen (secondary N) is 2. The van der Waals surface area contributed by atoms with Crippen molar-refractivity contribution in [1.82, 2.24) is 15.0 Å². The molecule has 0 bridgehead atoms. The van der Waals surface area contributed by atoms with Gasteiger partial charge in [0.1, 0.15) is 11.4 Å². The molecule has 2 N–H and O–H groups in total. The minimum Gasteiger partial charge on any atom is -0.437 e. The molecular weight excluding hydrogens is 300 g/mol. The summed E-state index contributed by atoms with van der Waals surface area (Å²) in [7, 11) is 0. The second-order valence-corrected chi connectivity index (χ2v) is 5.45. The number of nitrogens with zero attached hydrogens (tertiary/aromatic N) is 2. The monoisotopic (exact) mass is 316 g/mol. The molecular formula is C19H16N4O. The number of pyridine rings is 1. The fourth-order valence-corrected chi connectivity index (χ4v) is 2.48. The van der Waals surface area contributed by atoms with Gasteiger partial charge in [-0.1, -0.05) is 30.3 Å². The molecule has 0 aliphatic carbocycles. The van der Waals surface area contributed by atoms with Crippen molar-refractivity contribution in [3.05, 3.63) is 72.4 Å². The molecule has 0 aliphatic heterocycles. The molecule has 0 radical (unpaired) electrons. The van der Waals surface area contributed by atoms with Gasteiger partial charge in [0.05, 0.1) is 11.0 Å². The normalized spacial score (nSPS) is 10.7. The standard InChI is InChI=1S/C19H16N4O/c1-13-7-2-5-11-17(13)24-18-16(10-6-12-20-18)23-19-21-14-8-3-4-9-15(14)22-19/h2-12H,1H3,(H2,21,22,23). The lowest BCUT2D eigenvalue weighted by Crippen LogP contribution is -1.98. The van der Waals surface area contributed by atoms with Crippen LogP contribution in [0.25, 0.3) is 11.0 Å². The van der Waals surface area contributed by atoms with Gasteiger partial charge in [-0.3, -0.25) is 0 Å². The Morgan fingerprint density at radius 2 is 1.79 bits per heavy atom. The van der Waals surface area contributed by atoms with E-state index in [1.807, 2.05) is 67.6 Å². The minimum absolute atomic E-state index is 0.507. The number of anilines is 2. The van der Waals surface area contributed by atoms with Gasteiger partial charge in [-0.25, -0.2) is 9.97 Å². The summed E-state index contributed by atoms with van der Waals surface area (Å²) in [5.41, 5.74) is 3.69. The summed E-state index contributed by atoms with van der Waals surface area (Å²) >= 11 is 0. The van der Waals surface area contributed by atoms with Crippen LogP contribution in [0.3, 0.4) is 0 Å². The van der Waals surface area contributed by atoms with E-state index in [-0.39, 0.29) is 0 Å². The summed E-state index contributed by atoms with van der Waals surface area (Å²) in [6, 6.07) is 19.5. The van der Waals surface area contributed by atoms with Crippen molar-refractivity contribution in [3.8, 4) is 11.6 Å². The van der Waals surface area contributed by atoms with E-state index >= 15 is 0 Å². The number of aromatic nitrogens is 3. The summed E-state index contributed by atoms with van der Waals surface area (Å²) in [6.07, 6.45) is 1.71. The lowest BCUT2D eigenvalue weighted by Gasteiger charge is -2.11. The van der Waals surface area contributed by atoms with Crippen LogP contribution in [0.5, 0.6) is 11.6 Å². The lowest BCUT2D eigenvalue weighted by atomic mass is 10.2. The average Bonchev–Trinajstić information content (AvgIpc) is 3.01. The number of rotatable bonds is 4. The van der Waals surface area contributed by atoms with Crippen LogP contribution < -0.4 is 10.1 Å². The van der Waals surface area contributed by atoms with E-state index < -0.39 is 0 Å². The molecule has 4 rings (SSSR count). The molecule has 2 heterocycles. The predicted molar refractivity (Wildman–Crippen MR) is 94.9 cm³/mol. The summed E-state index contributed by atoms with van der Waals surface area (Å²) in [5.74, 6) is 1.94. The van der Waals surface area contributed by atoms with Crippen LogP contribution in [-0.4, -0.2) is 15.0 Å². The molecule has 118 valence electrons.